The number of hydrogen-bond acceptors (Lipinski definition) is 3. The maximum Gasteiger partial charge on any atom is 0.337 e. The Bertz CT molecular complexity index is 477. The van der Waals surface area contributed by atoms with E-state index in [1.54, 1.807) is 0 Å². The fourth-order valence-corrected chi connectivity index (χ4v) is 1.98. The van der Waals surface area contributed by atoms with Crippen LogP contribution in [0.25, 0.3) is 0 Å². The predicted molar refractivity (Wildman–Crippen MR) is 67.8 cm³/mol. The molecule has 0 spiro atoms. The Balaban J connectivity index is 2.23. The Labute approximate surface area is 106 Å². The molecule has 18 heavy (non-hydrogen) atoms. The van der Waals surface area contributed by atoms with Gasteiger partial charge in [0.2, 0.25) is 0 Å². The van der Waals surface area contributed by atoms with Gasteiger partial charge in [-0.3, -0.25) is 0 Å². The van der Waals surface area contributed by atoms with Crippen molar-refractivity contribution >= 4 is 5.97 Å². The summed E-state index contributed by atoms with van der Waals surface area (Å²) in [5.74, 6) is -0.532. The van der Waals surface area contributed by atoms with Gasteiger partial charge in [-0.05, 0) is 19.4 Å². The van der Waals surface area contributed by atoms with Crippen LogP contribution in [0.2, 0.25) is 0 Å². The second kappa shape index (κ2) is 4.72. The highest BCUT2D eigenvalue weighted by Crippen LogP contribution is 2.25. The molecule has 0 bridgehead atoms. The molecule has 4 heteroatoms. The number of carboxylic acid groups (broad SMARTS) is 1. The smallest absolute Gasteiger partial charge is 0.337 e. The van der Waals surface area contributed by atoms with Gasteiger partial charge in [-0.1, -0.05) is 30.3 Å². The number of rotatable bonds is 4. The summed E-state index contributed by atoms with van der Waals surface area (Å²) in [6, 6.07) is 9.88. The van der Waals surface area contributed by atoms with E-state index in [1.165, 1.54) is 0 Å². The van der Waals surface area contributed by atoms with Crippen molar-refractivity contribution in [3.8, 4) is 0 Å². The summed E-state index contributed by atoms with van der Waals surface area (Å²) >= 11 is 0. The molecule has 0 radical (unpaired) electrons. The number of benzene rings is 1. The van der Waals surface area contributed by atoms with Crippen molar-refractivity contribution in [2.75, 3.05) is 6.61 Å². The molecule has 0 fully saturated rings. The van der Waals surface area contributed by atoms with Crippen LogP contribution in [0.4, 0.5) is 0 Å². The van der Waals surface area contributed by atoms with Gasteiger partial charge in [-0.2, -0.15) is 0 Å². The van der Waals surface area contributed by atoms with Gasteiger partial charge >= 0.3 is 5.97 Å². The molecule has 1 aromatic rings. The van der Waals surface area contributed by atoms with E-state index >= 15 is 0 Å². The van der Waals surface area contributed by atoms with Gasteiger partial charge in [-0.15, -0.1) is 0 Å². The fourth-order valence-electron chi connectivity index (χ4n) is 1.98. The first kappa shape index (κ1) is 12.5. The molecule has 0 atom stereocenters. The molecule has 2 N–H and O–H groups in total. The molecule has 2 rings (SSSR count). The van der Waals surface area contributed by atoms with E-state index in [0.717, 1.165) is 5.56 Å². The standard InChI is InChI=1S/C14H17NO3/c1-14(2,10-6-4-3-5-7-10)15-12-11(13(16)17)8-9-18-12/h3-7,15H,8-9H2,1-2H3,(H,16,17). The molecule has 0 unspecified atom stereocenters. The first-order valence-corrected chi connectivity index (χ1v) is 5.93. The third-order valence-electron chi connectivity index (χ3n) is 3.05. The van der Waals surface area contributed by atoms with Crippen molar-refractivity contribution in [1.82, 2.24) is 5.32 Å². The summed E-state index contributed by atoms with van der Waals surface area (Å²) in [4.78, 5) is 11.1. The summed E-state index contributed by atoms with van der Waals surface area (Å²) in [6.45, 7) is 4.42. The molecule has 1 heterocycles. The Morgan fingerprint density at radius 1 is 1.33 bits per heavy atom. The number of hydrogen-bond donors (Lipinski definition) is 2. The number of aliphatic carboxylic acids is 1. The van der Waals surface area contributed by atoms with E-state index in [9.17, 15) is 4.79 Å². The van der Waals surface area contributed by atoms with E-state index in [2.05, 4.69) is 5.32 Å². The van der Waals surface area contributed by atoms with Crippen LogP contribution >= 0.6 is 0 Å². The van der Waals surface area contributed by atoms with Crippen molar-refractivity contribution < 1.29 is 14.6 Å². The van der Waals surface area contributed by atoms with Gasteiger partial charge in [0.1, 0.15) is 0 Å². The normalized spacial score (nSPS) is 15.4. The zero-order valence-electron chi connectivity index (χ0n) is 10.6. The highest BCUT2D eigenvalue weighted by atomic mass is 16.5. The van der Waals surface area contributed by atoms with Crippen molar-refractivity contribution in [1.29, 1.82) is 0 Å². The summed E-state index contributed by atoms with van der Waals surface area (Å²) in [5.41, 5.74) is 1.03. The highest BCUT2D eigenvalue weighted by Gasteiger charge is 2.28. The maximum atomic E-state index is 11.1. The SMILES string of the molecule is CC(C)(NC1=C(C(=O)O)CCO1)c1ccccc1. The average molecular weight is 247 g/mol. The second-order valence-corrected chi connectivity index (χ2v) is 4.83. The van der Waals surface area contributed by atoms with Crippen molar-refractivity contribution in [3.05, 3.63) is 47.4 Å². The zero-order valence-corrected chi connectivity index (χ0v) is 10.6. The van der Waals surface area contributed by atoms with Crippen LogP contribution < -0.4 is 5.32 Å². The van der Waals surface area contributed by atoms with E-state index in [0.29, 0.717) is 24.5 Å². The van der Waals surface area contributed by atoms with Crippen LogP contribution in [-0.4, -0.2) is 17.7 Å². The van der Waals surface area contributed by atoms with Gasteiger partial charge < -0.3 is 15.2 Å². The lowest BCUT2D eigenvalue weighted by molar-refractivity contribution is -0.132. The topological polar surface area (TPSA) is 58.6 Å². The van der Waals surface area contributed by atoms with Gasteiger partial charge in [0.05, 0.1) is 17.7 Å². The predicted octanol–water partition coefficient (Wildman–Crippen LogP) is 2.23. The monoisotopic (exact) mass is 247 g/mol. The van der Waals surface area contributed by atoms with Crippen LogP contribution in [0.5, 0.6) is 0 Å². The van der Waals surface area contributed by atoms with Crippen LogP contribution in [0.15, 0.2) is 41.8 Å². The molecule has 0 aromatic heterocycles. The minimum Gasteiger partial charge on any atom is -0.478 e. The molecule has 1 aromatic carbocycles. The van der Waals surface area contributed by atoms with E-state index in [-0.39, 0.29) is 5.54 Å². The lowest BCUT2D eigenvalue weighted by Gasteiger charge is -2.28. The largest absolute Gasteiger partial charge is 0.478 e. The molecule has 0 saturated heterocycles. The number of carboxylic acids is 1. The van der Waals surface area contributed by atoms with Crippen LogP contribution in [0.3, 0.4) is 0 Å². The Morgan fingerprint density at radius 2 is 2.00 bits per heavy atom. The first-order chi connectivity index (χ1) is 8.50. The molecule has 1 aliphatic rings. The summed E-state index contributed by atoms with van der Waals surface area (Å²) < 4.78 is 5.37. The van der Waals surface area contributed by atoms with Gasteiger partial charge in [-0.25, -0.2) is 4.79 Å². The Kier molecular flexibility index (Phi) is 3.28. The lowest BCUT2D eigenvalue weighted by Crippen LogP contribution is -2.36. The number of carbonyl (C=O) groups is 1. The number of nitrogens with one attached hydrogen (secondary N) is 1. The minimum atomic E-state index is -0.918. The average Bonchev–Trinajstić information content (AvgIpc) is 2.78. The minimum absolute atomic E-state index is 0.319. The third kappa shape index (κ3) is 2.47. The quantitative estimate of drug-likeness (QED) is 0.856. The van der Waals surface area contributed by atoms with E-state index < -0.39 is 5.97 Å². The van der Waals surface area contributed by atoms with Crippen LogP contribution in [0.1, 0.15) is 25.8 Å². The van der Waals surface area contributed by atoms with E-state index in [4.69, 9.17) is 9.84 Å². The number of ether oxygens (including phenoxy) is 1. The second-order valence-electron chi connectivity index (χ2n) is 4.83. The van der Waals surface area contributed by atoms with Gasteiger partial charge in [0.15, 0.2) is 5.88 Å². The molecule has 0 amide bonds. The maximum absolute atomic E-state index is 11.1. The summed E-state index contributed by atoms with van der Waals surface area (Å²) in [7, 11) is 0. The third-order valence-corrected chi connectivity index (χ3v) is 3.05. The summed E-state index contributed by atoms with van der Waals surface area (Å²) in [6.07, 6.45) is 0.447. The molecular formula is C14H17NO3. The van der Waals surface area contributed by atoms with Crippen LogP contribution in [0, 0.1) is 0 Å². The molecule has 1 aliphatic heterocycles. The Hall–Kier alpha value is -1.97. The molecular weight excluding hydrogens is 230 g/mol. The molecule has 0 aliphatic carbocycles. The Morgan fingerprint density at radius 3 is 2.61 bits per heavy atom. The summed E-state index contributed by atoms with van der Waals surface area (Å²) in [5, 5.41) is 12.3. The molecule has 4 nitrogen and oxygen atoms in total. The lowest BCUT2D eigenvalue weighted by atomic mass is 9.94. The first-order valence-electron chi connectivity index (χ1n) is 5.93. The van der Waals surface area contributed by atoms with Gasteiger partial charge in [0.25, 0.3) is 0 Å². The highest BCUT2D eigenvalue weighted by molar-refractivity contribution is 5.87. The van der Waals surface area contributed by atoms with Crippen molar-refractivity contribution in [2.45, 2.75) is 25.8 Å². The fraction of sp³-hybridized carbons (Fsp3) is 0.357. The van der Waals surface area contributed by atoms with Crippen molar-refractivity contribution in [3.63, 3.8) is 0 Å². The van der Waals surface area contributed by atoms with Gasteiger partial charge in [0, 0.05) is 6.42 Å². The van der Waals surface area contributed by atoms with Crippen molar-refractivity contribution in [2.24, 2.45) is 0 Å². The molecule has 0 saturated carbocycles. The van der Waals surface area contributed by atoms with Crippen LogP contribution in [-0.2, 0) is 15.1 Å². The van der Waals surface area contributed by atoms with E-state index in [1.807, 2.05) is 44.2 Å². The molecule has 96 valence electrons. The zero-order chi connectivity index (χ0) is 13.2.